The number of ketones is 1. The predicted octanol–water partition coefficient (Wildman–Crippen LogP) is 3.47. The SMILES string of the molecule is CCOc1ccc(C(=O)c2ccccc2Br)cn1. The average molecular weight is 306 g/mol. The molecule has 0 atom stereocenters. The maximum atomic E-state index is 12.2. The van der Waals surface area contributed by atoms with Crippen molar-refractivity contribution in [2.75, 3.05) is 6.61 Å². The Hall–Kier alpha value is -1.68. The number of halogens is 1. The van der Waals surface area contributed by atoms with Gasteiger partial charge in [0.25, 0.3) is 0 Å². The molecular weight excluding hydrogens is 294 g/mol. The van der Waals surface area contributed by atoms with E-state index in [1.54, 1.807) is 18.2 Å². The van der Waals surface area contributed by atoms with Crippen molar-refractivity contribution >= 4 is 21.7 Å². The molecule has 0 fully saturated rings. The normalized spacial score (nSPS) is 10.1. The molecule has 0 radical (unpaired) electrons. The van der Waals surface area contributed by atoms with E-state index in [-0.39, 0.29) is 5.78 Å². The molecule has 0 bridgehead atoms. The summed E-state index contributed by atoms with van der Waals surface area (Å²) < 4.78 is 6.02. The summed E-state index contributed by atoms with van der Waals surface area (Å²) in [4.78, 5) is 16.3. The number of aromatic nitrogens is 1. The van der Waals surface area contributed by atoms with Crippen LogP contribution in [0.4, 0.5) is 0 Å². The quantitative estimate of drug-likeness (QED) is 0.812. The van der Waals surface area contributed by atoms with Crippen molar-refractivity contribution in [3.63, 3.8) is 0 Å². The number of carbonyl (C=O) groups excluding carboxylic acids is 1. The molecule has 0 spiro atoms. The van der Waals surface area contributed by atoms with Crippen LogP contribution in [-0.4, -0.2) is 17.4 Å². The topological polar surface area (TPSA) is 39.2 Å². The van der Waals surface area contributed by atoms with Gasteiger partial charge in [-0.15, -0.1) is 0 Å². The fourth-order valence-corrected chi connectivity index (χ4v) is 2.01. The summed E-state index contributed by atoms with van der Waals surface area (Å²) in [5, 5.41) is 0. The third-order valence-corrected chi connectivity index (χ3v) is 3.10. The number of hydrogen-bond donors (Lipinski definition) is 0. The first kappa shape index (κ1) is 12.8. The molecule has 0 saturated heterocycles. The summed E-state index contributed by atoms with van der Waals surface area (Å²) in [6.45, 7) is 2.45. The van der Waals surface area contributed by atoms with Gasteiger partial charge in [0, 0.05) is 27.9 Å². The minimum absolute atomic E-state index is 0.0574. The van der Waals surface area contributed by atoms with Gasteiger partial charge in [-0.2, -0.15) is 0 Å². The van der Waals surface area contributed by atoms with Crippen molar-refractivity contribution in [2.45, 2.75) is 6.92 Å². The first-order valence-corrected chi connectivity index (χ1v) is 6.39. The molecule has 2 aromatic rings. The van der Waals surface area contributed by atoms with Crippen LogP contribution < -0.4 is 4.74 Å². The molecule has 2 rings (SSSR count). The Kier molecular flexibility index (Phi) is 4.10. The molecule has 18 heavy (non-hydrogen) atoms. The molecule has 0 saturated carbocycles. The molecule has 3 nitrogen and oxygen atoms in total. The number of nitrogens with zero attached hydrogens (tertiary/aromatic N) is 1. The van der Waals surface area contributed by atoms with E-state index in [0.717, 1.165) is 4.47 Å². The van der Waals surface area contributed by atoms with E-state index >= 15 is 0 Å². The second-order valence-electron chi connectivity index (χ2n) is 3.63. The Bertz CT molecular complexity index is 552. The number of carbonyl (C=O) groups is 1. The van der Waals surface area contributed by atoms with Crippen LogP contribution in [0, 0.1) is 0 Å². The fraction of sp³-hybridized carbons (Fsp3) is 0.143. The largest absolute Gasteiger partial charge is 0.478 e. The lowest BCUT2D eigenvalue weighted by Gasteiger charge is -2.05. The molecule has 92 valence electrons. The molecule has 1 aromatic heterocycles. The lowest BCUT2D eigenvalue weighted by Crippen LogP contribution is -2.03. The van der Waals surface area contributed by atoms with E-state index < -0.39 is 0 Å². The van der Waals surface area contributed by atoms with Gasteiger partial charge in [0.15, 0.2) is 5.78 Å². The molecule has 1 aromatic carbocycles. The van der Waals surface area contributed by atoms with Crippen LogP contribution in [0.5, 0.6) is 5.88 Å². The second-order valence-corrected chi connectivity index (χ2v) is 4.48. The van der Waals surface area contributed by atoms with Crippen molar-refractivity contribution in [3.8, 4) is 5.88 Å². The number of rotatable bonds is 4. The van der Waals surface area contributed by atoms with Crippen molar-refractivity contribution in [1.29, 1.82) is 0 Å². The van der Waals surface area contributed by atoms with Crippen LogP contribution in [0.15, 0.2) is 47.1 Å². The van der Waals surface area contributed by atoms with Gasteiger partial charge >= 0.3 is 0 Å². The summed E-state index contributed by atoms with van der Waals surface area (Å²) in [6, 6.07) is 10.8. The van der Waals surface area contributed by atoms with E-state index in [9.17, 15) is 4.79 Å². The van der Waals surface area contributed by atoms with Gasteiger partial charge in [-0.3, -0.25) is 4.79 Å². The van der Waals surface area contributed by atoms with Crippen molar-refractivity contribution in [3.05, 3.63) is 58.2 Å². The first-order valence-electron chi connectivity index (χ1n) is 5.60. The lowest BCUT2D eigenvalue weighted by molar-refractivity contribution is 0.103. The Morgan fingerprint density at radius 3 is 2.67 bits per heavy atom. The van der Waals surface area contributed by atoms with E-state index in [1.807, 2.05) is 25.1 Å². The predicted molar refractivity (Wildman–Crippen MR) is 73.0 cm³/mol. The smallest absolute Gasteiger partial charge is 0.213 e. The minimum atomic E-state index is -0.0574. The summed E-state index contributed by atoms with van der Waals surface area (Å²) in [6.07, 6.45) is 1.53. The van der Waals surface area contributed by atoms with Crippen LogP contribution in [0.1, 0.15) is 22.8 Å². The number of benzene rings is 1. The second kappa shape index (κ2) is 5.78. The molecule has 4 heteroatoms. The lowest BCUT2D eigenvalue weighted by atomic mass is 10.1. The van der Waals surface area contributed by atoms with Gasteiger partial charge in [0.2, 0.25) is 5.88 Å². The number of ether oxygens (including phenoxy) is 1. The van der Waals surface area contributed by atoms with Gasteiger partial charge in [0.05, 0.1) is 6.61 Å². The Labute approximate surface area is 114 Å². The van der Waals surface area contributed by atoms with Gasteiger partial charge in [0.1, 0.15) is 0 Å². The third kappa shape index (κ3) is 2.76. The molecule has 0 aliphatic heterocycles. The van der Waals surface area contributed by atoms with Crippen LogP contribution in [0.3, 0.4) is 0 Å². The minimum Gasteiger partial charge on any atom is -0.478 e. The van der Waals surface area contributed by atoms with Gasteiger partial charge in [-0.25, -0.2) is 4.98 Å². The Balaban J connectivity index is 2.27. The van der Waals surface area contributed by atoms with E-state index in [2.05, 4.69) is 20.9 Å². The highest BCUT2D eigenvalue weighted by molar-refractivity contribution is 9.10. The molecule has 0 aliphatic rings. The average Bonchev–Trinajstić information content (AvgIpc) is 2.40. The zero-order chi connectivity index (χ0) is 13.0. The van der Waals surface area contributed by atoms with Gasteiger partial charge in [-0.05, 0) is 25.1 Å². The van der Waals surface area contributed by atoms with Crippen molar-refractivity contribution < 1.29 is 9.53 Å². The van der Waals surface area contributed by atoms with Gasteiger partial charge < -0.3 is 4.74 Å². The molecule has 0 unspecified atom stereocenters. The molecule has 0 amide bonds. The van der Waals surface area contributed by atoms with Crippen molar-refractivity contribution in [2.24, 2.45) is 0 Å². The molecular formula is C14H12BrNO2. The van der Waals surface area contributed by atoms with E-state index in [1.165, 1.54) is 6.20 Å². The van der Waals surface area contributed by atoms with Gasteiger partial charge in [-0.1, -0.05) is 28.1 Å². The summed E-state index contributed by atoms with van der Waals surface area (Å²) >= 11 is 3.37. The maximum absolute atomic E-state index is 12.2. The monoisotopic (exact) mass is 305 g/mol. The highest BCUT2D eigenvalue weighted by atomic mass is 79.9. The van der Waals surface area contributed by atoms with E-state index in [4.69, 9.17) is 4.74 Å². The number of pyridine rings is 1. The Morgan fingerprint density at radius 1 is 1.28 bits per heavy atom. The zero-order valence-electron chi connectivity index (χ0n) is 9.89. The zero-order valence-corrected chi connectivity index (χ0v) is 11.5. The Morgan fingerprint density at radius 2 is 2.06 bits per heavy atom. The van der Waals surface area contributed by atoms with Crippen LogP contribution >= 0.6 is 15.9 Å². The highest BCUT2D eigenvalue weighted by Crippen LogP contribution is 2.20. The van der Waals surface area contributed by atoms with E-state index in [0.29, 0.717) is 23.6 Å². The van der Waals surface area contributed by atoms with Crippen LogP contribution in [-0.2, 0) is 0 Å². The molecule has 1 heterocycles. The summed E-state index contributed by atoms with van der Waals surface area (Å²) in [7, 11) is 0. The first-order chi connectivity index (χ1) is 8.72. The van der Waals surface area contributed by atoms with Crippen LogP contribution in [0.25, 0.3) is 0 Å². The third-order valence-electron chi connectivity index (χ3n) is 2.41. The summed E-state index contributed by atoms with van der Waals surface area (Å²) in [5.74, 6) is 0.471. The van der Waals surface area contributed by atoms with Crippen LogP contribution in [0.2, 0.25) is 0 Å². The van der Waals surface area contributed by atoms with Crippen molar-refractivity contribution in [1.82, 2.24) is 4.98 Å². The fourth-order valence-electron chi connectivity index (χ4n) is 1.55. The highest BCUT2D eigenvalue weighted by Gasteiger charge is 2.12. The molecule has 0 N–H and O–H groups in total. The number of hydrogen-bond acceptors (Lipinski definition) is 3. The summed E-state index contributed by atoms with van der Waals surface area (Å²) in [5.41, 5.74) is 1.17. The standard InChI is InChI=1S/C14H12BrNO2/c1-2-18-13-8-7-10(9-16-13)14(17)11-5-3-4-6-12(11)15/h3-9H,2H2,1H3. The molecule has 0 aliphatic carbocycles. The maximum Gasteiger partial charge on any atom is 0.213 e.